The zero-order valence-electron chi connectivity index (χ0n) is 22.8. The maximum atomic E-state index is 9.59. The van der Waals surface area contributed by atoms with Crippen LogP contribution in [-0.2, 0) is 6.54 Å². The number of rotatable bonds is 10. The van der Waals surface area contributed by atoms with Gasteiger partial charge in [0.2, 0.25) is 0 Å². The quantitative estimate of drug-likeness (QED) is 0.182. The molecule has 4 aromatic carbocycles. The summed E-state index contributed by atoms with van der Waals surface area (Å²) in [6.07, 6.45) is 13.4. The third-order valence-corrected chi connectivity index (χ3v) is 7.62. The van der Waals surface area contributed by atoms with E-state index < -0.39 is 0 Å². The Bertz CT molecular complexity index is 1490. The van der Waals surface area contributed by atoms with Gasteiger partial charge >= 0.3 is 0 Å². The topological polar surface area (TPSA) is 45.4 Å². The van der Waals surface area contributed by atoms with E-state index in [1.165, 1.54) is 47.5 Å². The molecule has 0 saturated carbocycles. The Hall–Kier alpha value is -4.24. The van der Waals surface area contributed by atoms with E-state index in [1.54, 1.807) is 24.3 Å². The third-order valence-electron chi connectivity index (χ3n) is 7.62. The lowest BCUT2D eigenvalue weighted by Gasteiger charge is -2.17. The molecule has 198 valence electrons. The molecular weight excluding hydrogens is 478 g/mol. The summed E-state index contributed by atoms with van der Waals surface area (Å²) in [6, 6.07) is 28.1. The predicted molar refractivity (Wildman–Crippen MR) is 167 cm³/mol. The fourth-order valence-corrected chi connectivity index (χ4v) is 5.26. The van der Waals surface area contributed by atoms with E-state index in [4.69, 9.17) is 0 Å². The molecule has 39 heavy (non-hydrogen) atoms. The van der Waals surface area contributed by atoms with Gasteiger partial charge in [-0.25, -0.2) is 0 Å². The molecule has 1 unspecified atom stereocenters. The van der Waals surface area contributed by atoms with Crippen LogP contribution in [0.2, 0.25) is 0 Å². The van der Waals surface area contributed by atoms with Crippen molar-refractivity contribution in [2.24, 2.45) is 5.92 Å². The van der Waals surface area contributed by atoms with E-state index in [0.29, 0.717) is 5.92 Å². The van der Waals surface area contributed by atoms with Gasteiger partial charge in [-0.2, -0.15) is 0 Å². The van der Waals surface area contributed by atoms with Crippen LogP contribution in [0.1, 0.15) is 61.8 Å². The Labute approximate surface area is 231 Å². The van der Waals surface area contributed by atoms with Gasteiger partial charge < -0.3 is 14.8 Å². The second-order valence-electron chi connectivity index (χ2n) is 10.4. The van der Waals surface area contributed by atoms with E-state index in [-0.39, 0.29) is 11.5 Å². The summed E-state index contributed by atoms with van der Waals surface area (Å²) in [5, 5.41) is 21.7. The maximum Gasteiger partial charge on any atom is 0.115 e. The number of unbranched alkanes of at least 4 members (excludes halogenated alkanes) is 1. The Morgan fingerprint density at radius 2 is 1.05 bits per heavy atom. The zero-order chi connectivity index (χ0) is 27.2. The first kappa shape index (κ1) is 26.4. The highest BCUT2D eigenvalue weighted by atomic mass is 16.3. The maximum absolute atomic E-state index is 9.59. The van der Waals surface area contributed by atoms with Crippen LogP contribution in [0.25, 0.3) is 46.1 Å². The minimum atomic E-state index is 0.281. The lowest BCUT2D eigenvalue weighted by atomic mass is 9.99. The summed E-state index contributed by atoms with van der Waals surface area (Å²) in [5.41, 5.74) is 6.98. The van der Waals surface area contributed by atoms with Gasteiger partial charge in [0, 0.05) is 28.4 Å². The van der Waals surface area contributed by atoms with Crippen LogP contribution in [0.5, 0.6) is 11.5 Å². The van der Waals surface area contributed by atoms with Gasteiger partial charge in [-0.1, -0.05) is 106 Å². The summed E-state index contributed by atoms with van der Waals surface area (Å²) in [7, 11) is 0. The second-order valence-corrected chi connectivity index (χ2v) is 10.4. The van der Waals surface area contributed by atoms with Crippen LogP contribution in [-0.4, -0.2) is 14.8 Å². The molecule has 0 radical (unpaired) electrons. The fraction of sp³-hybridized carbons (Fsp3) is 0.222. The SMILES string of the molecule is CCCCC(CC)Cn1c2cc(/C=C/c3ccc(O)cc3)ccc2c2ccc(/C=C/c3ccc(O)cc3)cc21. The van der Waals surface area contributed by atoms with Crippen LogP contribution < -0.4 is 0 Å². The van der Waals surface area contributed by atoms with Crippen molar-refractivity contribution < 1.29 is 10.2 Å². The molecule has 0 aliphatic carbocycles. The molecule has 0 amide bonds. The Morgan fingerprint density at radius 1 is 0.615 bits per heavy atom. The molecule has 3 heteroatoms. The van der Waals surface area contributed by atoms with Gasteiger partial charge in [0.1, 0.15) is 11.5 Å². The molecule has 0 fully saturated rings. The first-order chi connectivity index (χ1) is 19.0. The summed E-state index contributed by atoms with van der Waals surface area (Å²) in [5.74, 6) is 1.20. The van der Waals surface area contributed by atoms with Gasteiger partial charge in [-0.3, -0.25) is 0 Å². The molecular formula is C36H37NO2. The molecule has 0 aliphatic heterocycles. The number of aromatic hydroxyl groups is 2. The fourth-order valence-electron chi connectivity index (χ4n) is 5.26. The first-order valence-electron chi connectivity index (χ1n) is 14.0. The summed E-state index contributed by atoms with van der Waals surface area (Å²) in [4.78, 5) is 0. The normalized spacial score (nSPS) is 12.8. The Kier molecular flexibility index (Phi) is 8.17. The largest absolute Gasteiger partial charge is 0.508 e. The lowest BCUT2D eigenvalue weighted by Crippen LogP contribution is -2.10. The summed E-state index contributed by atoms with van der Waals surface area (Å²) in [6.45, 7) is 5.59. The van der Waals surface area contributed by atoms with Crippen LogP contribution >= 0.6 is 0 Å². The van der Waals surface area contributed by atoms with Crippen molar-refractivity contribution in [1.82, 2.24) is 4.57 Å². The second kappa shape index (κ2) is 12.1. The van der Waals surface area contributed by atoms with E-state index >= 15 is 0 Å². The van der Waals surface area contributed by atoms with E-state index in [2.05, 4.69) is 79.1 Å². The number of hydrogen-bond donors (Lipinski definition) is 2. The molecule has 3 nitrogen and oxygen atoms in total. The van der Waals surface area contributed by atoms with Crippen LogP contribution in [0.15, 0.2) is 84.9 Å². The van der Waals surface area contributed by atoms with Crippen molar-refractivity contribution >= 4 is 46.1 Å². The minimum absolute atomic E-state index is 0.281. The van der Waals surface area contributed by atoms with Crippen molar-refractivity contribution in [1.29, 1.82) is 0 Å². The number of aromatic nitrogens is 1. The predicted octanol–water partition coefficient (Wildman–Crippen LogP) is 9.76. The van der Waals surface area contributed by atoms with Crippen LogP contribution in [0, 0.1) is 5.92 Å². The average molecular weight is 516 g/mol. The average Bonchev–Trinajstić information content (AvgIpc) is 3.26. The molecule has 0 saturated heterocycles. The molecule has 5 rings (SSSR count). The standard InChI is InChI=1S/C36H37NO2/c1-3-5-6-26(4-2)25-37-35-23-29(9-7-27-11-17-31(38)18-12-27)15-21-33(35)34-22-16-30(24-36(34)37)10-8-28-13-19-32(39)20-14-28/h7-24,26,38-39H,3-6,25H2,1-2H3/b9-7+,10-8+. The third kappa shape index (κ3) is 6.26. The number of phenols is 2. The number of hydrogen-bond acceptors (Lipinski definition) is 2. The van der Waals surface area contributed by atoms with Crippen molar-refractivity contribution in [3.63, 3.8) is 0 Å². The van der Waals surface area contributed by atoms with Crippen molar-refractivity contribution in [2.75, 3.05) is 0 Å². The highest BCUT2D eigenvalue weighted by Crippen LogP contribution is 2.33. The molecule has 0 spiro atoms. The molecule has 5 aromatic rings. The minimum Gasteiger partial charge on any atom is -0.508 e. The van der Waals surface area contributed by atoms with Crippen molar-refractivity contribution in [3.05, 3.63) is 107 Å². The molecule has 0 aliphatic rings. The highest BCUT2D eigenvalue weighted by Gasteiger charge is 2.15. The molecule has 0 bridgehead atoms. The molecule has 1 heterocycles. The molecule has 2 N–H and O–H groups in total. The summed E-state index contributed by atoms with van der Waals surface area (Å²) < 4.78 is 2.53. The van der Waals surface area contributed by atoms with Crippen molar-refractivity contribution in [3.8, 4) is 11.5 Å². The summed E-state index contributed by atoms with van der Waals surface area (Å²) >= 11 is 0. The molecule has 1 aromatic heterocycles. The van der Waals surface area contributed by atoms with Crippen LogP contribution in [0.3, 0.4) is 0 Å². The lowest BCUT2D eigenvalue weighted by molar-refractivity contribution is 0.401. The molecule has 1 atom stereocenters. The number of nitrogens with zero attached hydrogens (tertiary/aromatic N) is 1. The van der Waals surface area contributed by atoms with E-state index in [9.17, 15) is 10.2 Å². The van der Waals surface area contributed by atoms with Gasteiger partial charge in [0.15, 0.2) is 0 Å². The van der Waals surface area contributed by atoms with Crippen LogP contribution in [0.4, 0.5) is 0 Å². The Morgan fingerprint density at radius 3 is 1.49 bits per heavy atom. The van der Waals surface area contributed by atoms with Gasteiger partial charge in [-0.05, 0) is 71.0 Å². The Balaban J connectivity index is 1.56. The number of benzene rings is 4. The zero-order valence-corrected chi connectivity index (χ0v) is 22.8. The van der Waals surface area contributed by atoms with Gasteiger partial charge in [0.05, 0.1) is 0 Å². The number of phenolic OH excluding ortho intramolecular Hbond substituents is 2. The van der Waals surface area contributed by atoms with Gasteiger partial charge in [-0.15, -0.1) is 0 Å². The van der Waals surface area contributed by atoms with Gasteiger partial charge in [0.25, 0.3) is 0 Å². The number of fused-ring (bicyclic) bond motifs is 3. The highest BCUT2D eigenvalue weighted by molar-refractivity contribution is 6.09. The van der Waals surface area contributed by atoms with E-state index in [0.717, 1.165) is 28.8 Å². The van der Waals surface area contributed by atoms with Crippen molar-refractivity contribution in [2.45, 2.75) is 46.1 Å². The first-order valence-corrected chi connectivity index (χ1v) is 14.0. The van der Waals surface area contributed by atoms with E-state index in [1.807, 2.05) is 24.3 Å². The smallest absolute Gasteiger partial charge is 0.115 e. The monoisotopic (exact) mass is 515 g/mol.